The van der Waals surface area contributed by atoms with Gasteiger partial charge in [0.2, 0.25) is 0 Å². The second-order valence-electron chi connectivity index (χ2n) is 8.34. The number of barbiturate groups is 1. The topological polar surface area (TPSA) is 119 Å². The van der Waals surface area contributed by atoms with Crippen LogP contribution in [-0.4, -0.2) is 22.8 Å². The Bertz CT molecular complexity index is 1640. The van der Waals surface area contributed by atoms with Gasteiger partial charge in [0.05, 0.1) is 10.6 Å². The maximum absolute atomic E-state index is 13.3. The molecule has 0 atom stereocenters. The molecule has 5 rings (SSSR count). The first-order valence-corrected chi connectivity index (χ1v) is 12.2. The van der Waals surface area contributed by atoms with Crippen molar-refractivity contribution >= 4 is 62.0 Å². The van der Waals surface area contributed by atoms with E-state index in [0.29, 0.717) is 15.8 Å². The average molecular weight is 572 g/mol. The van der Waals surface area contributed by atoms with Crippen LogP contribution in [0.3, 0.4) is 0 Å². The quantitative estimate of drug-likeness (QED) is 0.136. The lowest BCUT2D eigenvalue weighted by atomic mass is 10.0. The van der Waals surface area contributed by atoms with Crippen molar-refractivity contribution in [2.45, 2.75) is 6.61 Å². The van der Waals surface area contributed by atoms with Gasteiger partial charge < -0.3 is 4.74 Å². The Morgan fingerprint density at radius 2 is 1.68 bits per heavy atom. The number of halogens is 1. The number of hydrogen-bond donors (Lipinski definition) is 1. The molecule has 1 aliphatic heterocycles. The maximum atomic E-state index is 13.3. The van der Waals surface area contributed by atoms with Gasteiger partial charge in [0, 0.05) is 22.2 Å². The van der Waals surface area contributed by atoms with Gasteiger partial charge >= 0.3 is 6.03 Å². The molecule has 1 heterocycles. The van der Waals surface area contributed by atoms with Crippen LogP contribution in [0.4, 0.5) is 16.2 Å². The summed E-state index contributed by atoms with van der Waals surface area (Å²) >= 11 is 3.41. The summed E-state index contributed by atoms with van der Waals surface area (Å²) in [6.07, 6.45) is 1.35. The molecule has 0 spiro atoms. The summed E-state index contributed by atoms with van der Waals surface area (Å²) in [6.45, 7) is 0.243. The lowest BCUT2D eigenvalue weighted by Gasteiger charge is -2.26. The minimum Gasteiger partial charge on any atom is -0.488 e. The van der Waals surface area contributed by atoms with Crippen LogP contribution in [0.5, 0.6) is 5.75 Å². The van der Waals surface area contributed by atoms with Gasteiger partial charge in [-0.15, -0.1) is 0 Å². The zero-order valence-electron chi connectivity index (χ0n) is 19.6. The Labute approximate surface area is 224 Å². The third-order valence-corrected chi connectivity index (χ3v) is 6.45. The highest BCUT2D eigenvalue weighted by Gasteiger charge is 2.37. The molecule has 0 bridgehead atoms. The fourth-order valence-corrected chi connectivity index (χ4v) is 4.49. The Balaban J connectivity index is 1.47. The van der Waals surface area contributed by atoms with Gasteiger partial charge in [0.15, 0.2) is 0 Å². The standard InChI is InChI=1S/C28H18BrN3O6/c29-20-8-13-25(38-16-18-6-3-5-17-4-1-2-7-23(17)18)19(14-20)15-24-26(33)30-28(35)31(27(24)34)21-9-11-22(12-10-21)32(36)37/h1-15H,16H2,(H,30,33,35)/b24-15+. The molecule has 0 unspecified atom stereocenters. The molecule has 38 heavy (non-hydrogen) atoms. The third-order valence-electron chi connectivity index (χ3n) is 5.96. The van der Waals surface area contributed by atoms with Crippen molar-refractivity contribution in [2.24, 2.45) is 0 Å². The molecule has 0 saturated carbocycles. The summed E-state index contributed by atoms with van der Waals surface area (Å²) in [6, 6.07) is 23.0. The monoisotopic (exact) mass is 571 g/mol. The van der Waals surface area contributed by atoms with Crippen molar-refractivity contribution < 1.29 is 24.0 Å². The number of hydrogen-bond acceptors (Lipinski definition) is 6. The number of anilines is 1. The van der Waals surface area contributed by atoms with Crippen LogP contribution in [-0.2, 0) is 16.2 Å². The Morgan fingerprint density at radius 1 is 0.947 bits per heavy atom. The van der Waals surface area contributed by atoms with Crippen molar-refractivity contribution in [3.8, 4) is 5.75 Å². The molecule has 0 aromatic heterocycles. The number of nitro benzene ring substituents is 1. The van der Waals surface area contributed by atoms with Crippen LogP contribution in [0.1, 0.15) is 11.1 Å². The number of amides is 4. The number of carbonyl (C=O) groups excluding carboxylic acids is 3. The smallest absolute Gasteiger partial charge is 0.335 e. The van der Waals surface area contributed by atoms with E-state index >= 15 is 0 Å². The van der Waals surface area contributed by atoms with Crippen molar-refractivity contribution in [1.29, 1.82) is 0 Å². The van der Waals surface area contributed by atoms with Crippen molar-refractivity contribution in [3.63, 3.8) is 0 Å². The van der Waals surface area contributed by atoms with Crippen molar-refractivity contribution in [3.05, 3.63) is 116 Å². The van der Waals surface area contributed by atoms with Gasteiger partial charge in [-0.05, 0) is 52.7 Å². The van der Waals surface area contributed by atoms with Crippen LogP contribution in [0.25, 0.3) is 16.8 Å². The van der Waals surface area contributed by atoms with Crippen LogP contribution < -0.4 is 15.0 Å². The van der Waals surface area contributed by atoms with E-state index in [-0.39, 0.29) is 23.6 Å². The molecule has 4 amide bonds. The molecular weight excluding hydrogens is 554 g/mol. The summed E-state index contributed by atoms with van der Waals surface area (Å²) in [5, 5.41) is 15.2. The van der Waals surface area contributed by atoms with E-state index in [1.807, 2.05) is 42.5 Å². The lowest BCUT2D eigenvalue weighted by Crippen LogP contribution is -2.54. The Kier molecular flexibility index (Phi) is 6.71. The van der Waals surface area contributed by atoms with Gasteiger partial charge in [-0.1, -0.05) is 58.4 Å². The number of fused-ring (bicyclic) bond motifs is 1. The molecule has 0 radical (unpaired) electrons. The molecule has 188 valence electrons. The van der Waals surface area contributed by atoms with E-state index in [0.717, 1.165) is 21.2 Å². The van der Waals surface area contributed by atoms with E-state index < -0.39 is 22.8 Å². The first-order valence-electron chi connectivity index (χ1n) is 11.4. The minimum atomic E-state index is -0.951. The first-order chi connectivity index (χ1) is 18.3. The molecule has 4 aromatic rings. The van der Waals surface area contributed by atoms with E-state index in [1.54, 1.807) is 18.2 Å². The Morgan fingerprint density at radius 3 is 2.45 bits per heavy atom. The van der Waals surface area contributed by atoms with Crippen LogP contribution in [0, 0.1) is 10.1 Å². The minimum absolute atomic E-state index is 0.0816. The van der Waals surface area contributed by atoms with E-state index in [1.165, 1.54) is 30.3 Å². The van der Waals surface area contributed by atoms with Gasteiger partial charge in [0.25, 0.3) is 17.5 Å². The lowest BCUT2D eigenvalue weighted by molar-refractivity contribution is -0.384. The number of nitrogens with zero attached hydrogens (tertiary/aromatic N) is 2. The zero-order valence-corrected chi connectivity index (χ0v) is 21.2. The molecular formula is C28H18BrN3O6. The summed E-state index contributed by atoms with van der Waals surface area (Å²) in [5.74, 6) is -1.31. The van der Waals surface area contributed by atoms with Crippen LogP contribution in [0.15, 0.2) is 95.0 Å². The predicted molar refractivity (Wildman–Crippen MR) is 145 cm³/mol. The van der Waals surface area contributed by atoms with Gasteiger partial charge in [-0.25, -0.2) is 9.69 Å². The van der Waals surface area contributed by atoms with E-state index in [4.69, 9.17) is 4.74 Å². The highest BCUT2D eigenvalue weighted by atomic mass is 79.9. The highest BCUT2D eigenvalue weighted by Crippen LogP contribution is 2.30. The van der Waals surface area contributed by atoms with Gasteiger partial charge in [0.1, 0.15) is 17.9 Å². The number of rotatable bonds is 6. The molecule has 0 aliphatic carbocycles. The fourth-order valence-electron chi connectivity index (χ4n) is 4.11. The number of imide groups is 2. The van der Waals surface area contributed by atoms with Gasteiger partial charge in [-0.2, -0.15) is 0 Å². The number of carbonyl (C=O) groups is 3. The van der Waals surface area contributed by atoms with E-state index in [9.17, 15) is 24.5 Å². The Hall–Kier alpha value is -4.83. The largest absolute Gasteiger partial charge is 0.488 e. The molecule has 9 nitrogen and oxygen atoms in total. The second kappa shape index (κ2) is 10.3. The molecule has 1 fully saturated rings. The maximum Gasteiger partial charge on any atom is 0.335 e. The zero-order chi connectivity index (χ0) is 26.8. The normalized spacial score (nSPS) is 14.6. The van der Waals surface area contributed by atoms with Crippen LogP contribution >= 0.6 is 15.9 Å². The fraction of sp³-hybridized carbons (Fsp3) is 0.0357. The number of ether oxygens (including phenoxy) is 1. The predicted octanol–water partition coefficient (Wildman–Crippen LogP) is 5.76. The van der Waals surface area contributed by atoms with Crippen LogP contribution in [0.2, 0.25) is 0 Å². The molecule has 4 aromatic carbocycles. The van der Waals surface area contributed by atoms with Crippen molar-refractivity contribution in [2.75, 3.05) is 4.90 Å². The van der Waals surface area contributed by atoms with Crippen molar-refractivity contribution in [1.82, 2.24) is 5.32 Å². The molecule has 1 saturated heterocycles. The summed E-state index contributed by atoms with van der Waals surface area (Å²) < 4.78 is 6.80. The number of urea groups is 1. The first kappa shape index (κ1) is 24.8. The SMILES string of the molecule is O=C1NC(=O)N(c2ccc([N+](=O)[O-])cc2)C(=O)/C1=C/c1cc(Br)ccc1OCc1cccc2ccccc12. The summed E-state index contributed by atoms with van der Waals surface area (Å²) in [7, 11) is 0. The van der Waals surface area contributed by atoms with Gasteiger partial charge in [-0.3, -0.25) is 25.0 Å². The average Bonchev–Trinajstić information content (AvgIpc) is 2.90. The second-order valence-corrected chi connectivity index (χ2v) is 9.26. The number of nitrogens with one attached hydrogen (secondary N) is 1. The summed E-state index contributed by atoms with van der Waals surface area (Å²) in [4.78, 5) is 49.6. The summed E-state index contributed by atoms with van der Waals surface area (Å²) in [5.41, 5.74) is 0.990. The number of nitro groups is 1. The molecule has 1 N–H and O–H groups in total. The number of benzene rings is 4. The molecule has 1 aliphatic rings. The number of non-ortho nitro benzene ring substituents is 1. The van der Waals surface area contributed by atoms with E-state index in [2.05, 4.69) is 21.2 Å². The highest BCUT2D eigenvalue weighted by molar-refractivity contribution is 9.10. The third kappa shape index (κ3) is 4.89. The molecule has 10 heteroatoms.